The second-order valence-corrected chi connectivity index (χ2v) is 9.28. The minimum atomic E-state index is -0.496. The van der Waals surface area contributed by atoms with Crippen molar-refractivity contribution in [2.24, 2.45) is 16.3 Å². The molecule has 0 aliphatic carbocycles. The van der Waals surface area contributed by atoms with Gasteiger partial charge in [0, 0.05) is 31.6 Å². The number of carbonyl (C=O) groups excluding carboxylic acids is 1. The molecule has 28 heavy (non-hydrogen) atoms. The van der Waals surface area contributed by atoms with Crippen molar-refractivity contribution in [2.75, 3.05) is 39.8 Å². The predicted octanol–water partition coefficient (Wildman–Crippen LogP) is 2.85. The molecular formula is C21H37N5OS. The lowest BCUT2D eigenvalue weighted by molar-refractivity contribution is -0.128. The summed E-state index contributed by atoms with van der Waals surface area (Å²) in [6, 6.07) is 4.70. The first-order valence-electron chi connectivity index (χ1n) is 10.4. The van der Waals surface area contributed by atoms with E-state index in [1.165, 1.54) is 17.7 Å². The van der Waals surface area contributed by atoms with Crippen LogP contribution >= 0.6 is 11.3 Å². The Bertz CT molecular complexity index is 621. The first-order valence-corrected chi connectivity index (χ1v) is 11.3. The van der Waals surface area contributed by atoms with E-state index >= 15 is 0 Å². The number of thiophene rings is 1. The van der Waals surface area contributed by atoms with E-state index in [9.17, 15) is 4.79 Å². The molecule has 6 nitrogen and oxygen atoms in total. The highest BCUT2D eigenvalue weighted by Crippen LogP contribution is 2.29. The molecule has 2 rings (SSSR count). The average molecular weight is 408 g/mol. The van der Waals surface area contributed by atoms with Crippen LogP contribution in [0.5, 0.6) is 0 Å². The number of guanidine groups is 1. The molecule has 1 aliphatic rings. The van der Waals surface area contributed by atoms with Crippen LogP contribution in [0.2, 0.25) is 0 Å². The van der Waals surface area contributed by atoms with E-state index in [-0.39, 0.29) is 5.91 Å². The standard InChI is InChI=1S/C21H37N5OS/c1-6-23-19(27)21(3,4)15-25-20(22-5)24-14-17(18-8-7-13-28-18)26-11-9-16(2)10-12-26/h7-8,13,16-17H,6,9-12,14-15H2,1-5H3,(H,23,27)(H2,22,24,25). The van der Waals surface area contributed by atoms with E-state index in [2.05, 4.69) is 50.3 Å². The maximum Gasteiger partial charge on any atom is 0.227 e. The monoisotopic (exact) mass is 407 g/mol. The Kier molecular flexibility index (Phi) is 8.76. The van der Waals surface area contributed by atoms with Crippen LogP contribution in [0.1, 0.15) is 51.5 Å². The third-order valence-electron chi connectivity index (χ3n) is 5.47. The van der Waals surface area contributed by atoms with Crippen LogP contribution in [0.4, 0.5) is 0 Å². The molecule has 0 aromatic carbocycles. The van der Waals surface area contributed by atoms with Crippen molar-refractivity contribution in [3.05, 3.63) is 22.4 Å². The van der Waals surface area contributed by atoms with Gasteiger partial charge in [0.25, 0.3) is 0 Å². The molecule has 1 amide bonds. The van der Waals surface area contributed by atoms with E-state index in [0.717, 1.165) is 31.5 Å². The minimum Gasteiger partial charge on any atom is -0.356 e. The molecule has 0 saturated carbocycles. The van der Waals surface area contributed by atoms with Crippen molar-refractivity contribution in [2.45, 2.75) is 46.6 Å². The zero-order chi connectivity index (χ0) is 20.6. The molecule has 3 N–H and O–H groups in total. The third kappa shape index (κ3) is 6.48. The molecule has 2 heterocycles. The van der Waals surface area contributed by atoms with Gasteiger partial charge in [0.15, 0.2) is 5.96 Å². The number of rotatable bonds is 8. The lowest BCUT2D eigenvalue weighted by atomic mass is 9.92. The second kappa shape index (κ2) is 10.8. The fourth-order valence-corrected chi connectivity index (χ4v) is 4.29. The van der Waals surface area contributed by atoms with Gasteiger partial charge in [0.1, 0.15) is 0 Å². The van der Waals surface area contributed by atoms with Crippen LogP contribution in [0.15, 0.2) is 22.5 Å². The van der Waals surface area contributed by atoms with Crippen molar-refractivity contribution in [3.63, 3.8) is 0 Å². The van der Waals surface area contributed by atoms with E-state index in [1.807, 2.05) is 32.1 Å². The van der Waals surface area contributed by atoms with Gasteiger partial charge in [-0.25, -0.2) is 0 Å². The predicted molar refractivity (Wildman–Crippen MR) is 119 cm³/mol. The van der Waals surface area contributed by atoms with Crippen LogP contribution in [0.25, 0.3) is 0 Å². The number of nitrogens with one attached hydrogen (secondary N) is 3. The number of likely N-dealkylation sites (tertiary alicyclic amines) is 1. The van der Waals surface area contributed by atoms with Crippen molar-refractivity contribution >= 4 is 23.2 Å². The summed E-state index contributed by atoms with van der Waals surface area (Å²) in [6.45, 7) is 12.4. The van der Waals surface area contributed by atoms with Gasteiger partial charge in [-0.05, 0) is 64.1 Å². The van der Waals surface area contributed by atoms with Crippen LogP contribution < -0.4 is 16.0 Å². The Balaban J connectivity index is 1.94. The van der Waals surface area contributed by atoms with E-state index in [4.69, 9.17) is 0 Å². The van der Waals surface area contributed by atoms with Crippen LogP contribution in [0.3, 0.4) is 0 Å². The van der Waals surface area contributed by atoms with Gasteiger partial charge < -0.3 is 16.0 Å². The fraction of sp³-hybridized carbons (Fsp3) is 0.714. The third-order valence-corrected chi connectivity index (χ3v) is 6.44. The van der Waals surface area contributed by atoms with Gasteiger partial charge in [0.2, 0.25) is 5.91 Å². The normalized spacial score (nSPS) is 18.0. The first-order chi connectivity index (χ1) is 13.4. The summed E-state index contributed by atoms with van der Waals surface area (Å²) < 4.78 is 0. The number of nitrogens with zero attached hydrogens (tertiary/aromatic N) is 2. The van der Waals surface area contributed by atoms with Crippen LogP contribution in [-0.4, -0.2) is 56.5 Å². The van der Waals surface area contributed by atoms with Crippen molar-refractivity contribution in [3.8, 4) is 0 Å². The summed E-state index contributed by atoms with van der Waals surface area (Å²) in [5, 5.41) is 11.9. The number of amides is 1. The van der Waals surface area contributed by atoms with Gasteiger partial charge in [-0.15, -0.1) is 11.3 Å². The fourth-order valence-electron chi connectivity index (χ4n) is 3.43. The summed E-state index contributed by atoms with van der Waals surface area (Å²) in [4.78, 5) is 20.5. The summed E-state index contributed by atoms with van der Waals surface area (Å²) >= 11 is 1.82. The Morgan fingerprint density at radius 1 is 1.32 bits per heavy atom. The highest BCUT2D eigenvalue weighted by molar-refractivity contribution is 7.10. The molecule has 1 aliphatic heterocycles. The van der Waals surface area contributed by atoms with Crippen molar-refractivity contribution < 1.29 is 4.79 Å². The number of aliphatic imine (C=N–C) groups is 1. The molecule has 7 heteroatoms. The molecule has 1 saturated heterocycles. The van der Waals surface area contributed by atoms with Crippen LogP contribution in [-0.2, 0) is 4.79 Å². The van der Waals surface area contributed by atoms with E-state index in [0.29, 0.717) is 19.1 Å². The lowest BCUT2D eigenvalue weighted by Crippen LogP contribution is -2.49. The second-order valence-electron chi connectivity index (χ2n) is 8.30. The summed E-state index contributed by atoms with van der Waals surface area (Å²) in [5.41, 5.74) is -0.496. The Hall–Kier alpha value is -1.60. The topological polar surface area (TPSA) is 68.8 Å². The molecule has 158 valence electrons. The number of carbonyl (C=O) groups is 1. The van der Waals surface area contributed by atoms with Crippen molar-refractivity contribution in [1.29, 1.82) is 0 Å². The maximum atomic E-state index is 12.2. The smallest absolute Gasteiger partial charge is 0.227 e. The molecular weight excluding hydrogens is 370 g/mol. The highest BCUT2D eigenvalue weighted by Gasteiger charge is 2.28. The average Bonchev–Trinajstić information content (AvgIpc) is 3.20. The Morgan fingerprint density at radius 2 is 2.04 bits per heavy atom. The summed E-state index contributed by atoms with van der Waals surface area (Å²) in [7, 11) is 1.77. The first kappa shape index (κ1) is 22.7. The van der Waals surface area contributed by atoms with E-state index in [1.54, 1.807) is 7.05 Å². The molecule has 0 spiro atoms. The van der Waals surface area contributed by atoms with Gasteiger partial charge in [-0.2, -0.15) is 0 Å². The van der Waals surface area contributed by atoms with Gasteiger partial charge >= 0.3 is 0 Å². The number of hydrogen-bond acceptors (Lipinski definition) is 4. The van der Waals surface area contributed by atoms with Crippen LogP contribution in [0, 0.1) is 11.3 Å². The molecule has 1 aromatic rings. The van der Waals surface area contributed by atoms with E-state index < -0.39 is 5.41 Å². The SMILES string of the molecule is CCNC(=O)C(C)(C)CNC(=NC)NCC(c1cccs1)N1CCC(C)CC1. The zero-order valence-electron chi connectivity index (χ0n) is 18.0. The lowest BCUT2D eigenvalue weighted by Gasteiger charge is -2.36. The largest absolute Gasteiger partial charge is 0.356 e. The van der Waals surface area contributed by atoms with Gasteiger partial charge in [-0.3, -0.25) is 14.7 Å². The maximum absolute atomic E-state index is 12.2. The molecule has 0 bridgehead atoms. The highest BCUT2D eigenvalue weighted by atomic mass is 32.1. The minimum absolute atomic E-state index is 0.0526. The Morgan fingerprint density at radius 3 is 2.61 bits per heavy atom. The quantitative estimate of drug-likeness (QED) is 0.458. The summed E-state index contributed by atoms with van der Waals surface area (Å²) in [5.74, 6) is 1.61. The number of piperidine rings is 1. The van der Waals surface area contributed by atoms with Crippen molar-refractivity contribution in [1.82, 2.24) is 20.9 Å². The number of hydrogen-bond donors (Lipinski definition) is 3. The molecule has 0 radical (unpaired) electrons. The zero-order valence-corrected chi connectivity index (χ0v) is 18.9. The van der Waals surface area contributed by atoms with Gasteiger partial charge in [-0.1, -0.05) is 13.0 Å². The summed E-state index contributed by atoms with van der Waals surface area (Å²) in [6.07, 6.45) is 2.52. The molecule has 1 unspecified atom stereocenters. The van der Waals surface area contributed by atoms with Gasteiger partial charge in [0.05, 0.1) is 11.5 Å². The Labute approximate surface area is 174 Å². The molecule has 1 atom stereocenters. The molecule has 1 aromatic heterocycles. The molecule has 1 fully saturated rings.